The molecule has 0 spiro atoms. The van der Waals surface area contributed by atoms with E-state index in [0.29, 0.717) is 5.41 Å². The Bertz CT molecular complexity index is 192. The summed E-state index contributed by atoms with van der Waals surface area (Å²) in [5.74, 6) is 0. The van der Waals surface area contributed by atoms with Gasteiger partial charge in [0.2, 0.25) is 0 Å². The van der Waals surface area contributed by atoms with Crippen molar-refractivity contribution in [1.82, 2.24) is 0 Å². The molecule has 0 saturated carbocycles. The van der Waals surface area contributed by atoms with Crippen LogP contribution >= 0.6 is 0 Å². The fourth-order valence-corrected chi connectivity index (χ4v) is 3.25. The quantitative estimate of drug-likeness (QED) is 0.251. The Hall–Kier alpha value is 0. The molecule has 0 aromatic carbocycles. The van der Waals surface area contributed by atoms with Gasteiger partial charge in [0, 0.05) is 0 Å². The minimum atomic E-state index is 0.591. The maximum atomic E-state index is 2.48. The summed E-state index contributed by atoms with van der Waals surface area (Å²) in [4.78, 5) is 0. The van der Waals surface area contributed by atoms with E-state index in [2.05, 4.69) is 27.7 Å². The van der Waals surface area contributed by atoms with Gasteiger partial charge in [-0.15, -0.1) is 0 Å². The molecule has 21 heavy (non-hydrogen) atoms. The average Bonchev–Trinajstić information content (AvgIpc) is 2.45. The third-order valence-electron chi connectivity index (χ3n) is 4.91. The second-order valence-electron chi connectivity index (χ2n) is 7.91. The van der Waals surface area contributed by atoms with Gasteiger partial charge >= 0.3 is 0 Å². The zero-order chi connectivity index (χ0) is 15.8. The molecule has 0 aliphatic carbocycles. The van der Waals surface area contributed by atoms with Gasteiger partial charge < -0.3 is 0 Å². The van der Waals surface area contributed by atoms with Crippen molar-refractivity contribution in [2.45, 2.75) is 130 Å². The van der Waals surface area contributed by atoms with Crippen LogP contribution in [-0.4, -0.2) is 0 Å². The van der Waals surface area contributed by atoms with Gasteiger partial charge in [0.1, 0.15) is 0 Å². The zero-order valence-electron chi connectivity index (χ0n) is 15.8. The predicted molar refractivity (Wildman–Crippen MR) is 99.0 cm³/mol. The molecule has 0 aliphatic rings. The van der Waals surface area contributed by atoms with Crippen LogP contribution in [0.1, 0.15) is 130 Å². The summed E-state index contributed by atoms with van der Waals surface area (Å²) in [6, 6.07) is 0. The fraction of sp³-hybridized carbons (Fsp3) is 1.00. The molecule has 0 saturated heterocycles. The van der Waals surface area contributed by atoms with Crippen LogP contribution in [0.4, 0.5) is 0 Å². The molecule has 0 atom stereocenters. The normalized spacial score (nSPS) is 12.0. The highest BCUT2D eigenvalue weighted by Gasteiger charge is 2.16. The molecule has 0 unspecified atom stereocenters. The number of rotatable bonds is 16. The largest absolute Gasteiger partial charge is 0.0654 e. The van der Waals surface area contributed by atoms with Gasteiger partial charge in [-0.05, 0) is 18.3 Å². The first kappa shape index (κ1) is 21.0. The van der Waals surface area contributed by atoms with E-state index in [0.717, 1.165) is 0 Å². The Kier molecular flexibility index (Phi) is 14.9. The topological polar surface area (TPSA) is 0 Å². The van der Waals surface area contributed by atoms with Crippen LogP contribution in [0.3, 0.4) is 0 Å². The summed E-state index contributed by atoms with van der Waals surface area (Å²) >= 11 is 0. The summed E-state index contributed by atoms with van der Waals surface area (Å²) in [5.41, 5.74) is 0.591. The van der Waals surface area contributed by atoms with Crippen molar-refractivity contribution in [2.24, 2.45) is 5.41 Å². The highest BCUT2D eigenvalue weighted by atomic mass is 14.2. The van der Waals surface area contributed by atoms with E-state index in [4.69, 9.17) is 0 Å². The van der Waals surface area contributed by atoms with Crippen molar-refractivity contribution < 1.29 is 0 Å². The minimum absolute atomic E-state index is 0.591. The summed E-state index contributed by atoms with van der Waals surface area (Å²) in [5, 5.41) is 0. The predicted octanol–water partition coefficient (Wildman–Crippen LogP) is 8.29. The lowest BCUT2D eigenvalue weighted by Gasteiger charge is -2.24. The number of unbranched alkanes of at least 4 members (excludes halogenated alkanes) is 12. The second-order valence-corrected chi connectivity index (χ2v) is 7.91. The van der Waals surface area contributed by atoms with Crippen LogP contribution in [0.5, 0.6) is 0 Å². The van der Waals surface area contributed by atoms with E-state index in [1.807, 2.05) is 0 Å². The molecule has 0 aromatic rings. The van der Waals surface area contributed by atoms with Crippen LogP contribution < -0.4 is 0 Å². The van der Waals surface area contributed by atoms with Gasteiger partial charge in [0.25, 0.3) is 0 Å². The first-order valence-electron chi connectivity index (χ1n) is 10.1. The molecule has 0 aromatic heterocycles. The molecular formula is C21H44. The van der Waals surface area contributed by atoms with Crippen molar-refractivity contribution in [3.05, 3.63) is 0 Å². The van der Waals surface area contributed by atoms with E-state index in [1.165, 1.54) is 103 Å². The molecule has 0 heteroatoms. The summed E-state index contributed by atoms with van der Waals surface area (Å²) < 4.78 is 0. The average molecular weight is 297 g/mol. The Morgan fingerprint density at radius 2 is 0.714 bits per heavy atom. The summed E-state index contributed by atoms with van der Waals surface area (Å²) in [6.45, 7) is 9.56. The van der Waals surface area contributed by atoms with Crippen molar-refractivity contribution in [3.63, 3.8) is 0 Å². The van der Waals surface area contributed by atoms with E-state index >= 15 is 0 Å². The molecule has 0 heterocycles. The summed E-state index contributed by atoms with van der Waals surface area (Å²) in [6.07, 6.45) is 23.1. The fourth-order valence-electron chi connectivity index (χ4n) is 3.25. The Morgan fingerprint density at radius 3 is 1.05 bits per heavy atom. The van der Waals surface area contributed by atoms with Crippen molar-refractivity contribution in [1.29, 1.82) is 0 Å². The maximum Gasteiger partial charge on any atom is -0.0354 e. The maximum absolute atomic E-state index is 2.48. The van der Waals surface area contributed by atoms with Crippen LogP contribution in [0.2, 0.25) is 0 Å². The van der Waals surface area contributed by atoms with E-state index < -0.39 is 0 Å². The van der Waals surface area contributed by atoms with Gasteiger partial charge in [-0.25, -0.2) is 0 Å². The Labute approximate surface area is 136 Å². The van der Waals surface area contributed by atoms with Crippen molar-refractivity contribution in [3.8, 4) is 0 Å². The smallest absolute Gasteiger partial charge is 0.0354 e. The van der Waals surface area contributed by atoms with Gasteiger partial charge in [-0.2, -0.15) is 0 Å². The van der Waals surface area contributed by atoms with Gasteiger partial charge in [0.05, 0.1) is 0 Å². The lowest BCUT2D eigenvalue weighted by Crippen LogP contribution is -2.11. The van der Waals surface area contributed by atoms with Gasteiger partial charge in [0.15, 0.2) is 0 Å². The third-order valence-corrected chi connectivity index (χ3v) is 4.91. The van der Waals surface area contributed by atoms with E-state index in [-0.39, 0.29) is 0 Å². The Morgan fingerprint density at radius 1 is 0.429 bits per heavy atom. The second kappa shape index (κ2) is 14.9. The standard InChI is InChI=1S/C21H44/c1-5-7-9-11-12-13-14-16-18-20-21(3,4)19-17-15-10-8-6-2/h5-20H2,1-4H3. The lowest BCUT2D eigenvalue weighted by atomic mass is 9.82. The van der Waals surface area contributed by atoms with E-state index in [9.17, 15) is 0 Å². The first-order valence-corrected chi connectivity index (χ1v) is 10.1. The molecule has 0 fully saturated rings. The molecule has 0 bridgehead atoms. The molecule has 0 radical (unpaired) electrons. The minimum Gasteiger partial charge on any atom is -0.0654 e. The van der Waals surface area contributed by atoms with Crippen LogP contribution in [-0.2, 0) is 0 Å². The lowest BCUT2D eigenvalue weighted by molar-refractivity contribution is 0.282. The third kappa shape index (κ3) is 16.2. The van der Waals surface area contributed by atoms with E-state index in [1.54, 1.807) is 0 Å². The van der Waals surface area contributed by atoms with Crippen LogP contribution in [0.15, 0.2) is 0 Å². The monoisotopic (exact) mass is 296 g/mol. The molecular weight excluding hydrogens is 252 g/mol. The zero-order valence-corrected chi connectivity index (χ0v) is 15.8. The van der Waals surface area contributed by atoms with Crippen LogP contribution in [0, 0.1) is 5.41 Å². The molecule has 0 aliphatic heterocycles. The molecule has 0 nitrogen and oxygen atoms in total. The molecule has 0 amide bonds. The highest BCUT2D eigenvalue weighted by molar-refractivity contribution is 4.68. The van der Waals surface area contributed by atoms with Gasteiger partial charge in [-0.3, -0.25) is 0 Å². The Balaban J connectivity index is 3.32. The van der Waals surface area contributed by atoms with Crippen molar-refractivity contribution in [2.75, 3.05) is 0 Å². The number of hydrogen-bond donors (Lipinski definition) is 0. The molecule has 0 rings (SSSR count). The number of hydrogen-bond acceptors (Lipinski definition) is 0. The SMILES string of the molecule is CCCCCCCCCCCC(C)(C)CCCCCCC. The highest BCUT2D eigenvalue weighted by Crippen LogP contribution is 2.30. The van der Waals surface area contributed by atoms with Crippen LogP contribution in [0.25, 0.3) is 0 Å². The molecule has 0 N–H and O–H groups in total. The molecule has 128 valence electrons. The van der Waals surface area contributed by atoms with Crippen molar-refractivity contribution >= 4 is 0 Å². The summed E-state index contributed by atoms with van der Waals surface area (Å²) in [7, 11) is 0. The van der Waals surface area contributed by atoms with Gasteiger partial charge in [-0.1, -0.05) is 118 Å². The first-order chi connectivity index (χ1) is 10.1.